The molecule has 38 heavy (non-hydrogen) atoms. The summed E-state index contributed by atoms with van der Waals surface area (Å²) in [7, 11) is 0. The van der Waals surface area contributed by atoms with Gasteiger partial charge in [-0.2, -0.15) is 0 Å². The molecule has 4 atom stereocenters. The van der Waals surface area contributed by atoms with E-state index < -0.39 is 30.4 Å². The quantitative estimate of drug-likeness (QED) is 0.361. The molecule has 2 saturated heterocycles. The molecule has 13 nitrogen and oxygen atoms in total. The van der Waals surface area contributed by atoms with Gasteiger partial charge in [-0.05, 0) is 57.3 Å². The first kappa shape index (κ1) is 26.6. The number of hydrogen-bond acceptors (Lipinski definition) is 10. The minimum absolute atomic E-state index is 0.190. The first-order valence-electron chi connectivity index (χ1n) is 13.6. The summed E-state index contributed by atoms with van der Waals surface area (Å²) in [5.74, 6) is 1.35. The van der Waals surface area contributed by atoms with Crippen LogP contribution in [0.5, 0.6) is 0 Å². The van der Waals surface area contributed by atoms with Crippen LogP contribution >= 0.6 is 0 Å². The Morgan fingerprint density at radius 1 is 1.16 bits per heavy atom. The van der Waals surface area contributed by atoms with Crippen LogP contribution in [-0.4, -0.2) is 91.2 Å². The van der Waals surface area contributed by atoms with Crippen LogP contribution in [0.15, 0.2) is 6.33 Å². The second-order valence-corrected chi connectivity index (χ2v) is 10.5. The summed E-state index contributed by atoms with van der Waals surface area (Å²) in [6.45, 7) is 4.12. The van der Waals surface area contributed by atoms with Gasteiger partial charge < -0.3 is 35.6 Å². The van der Waals surface area contributed by atoms with Crippen LogP contribution in [0.3, 0.4) is 0 Å². The molecule has 5 rings (SSSR count). The van der Waals surface area contributed by atoms with Crippen LogP contribution in [0, 0.1) is 11.8 Å². The highest BCUT2D eigenvalue weighted by Gasteiger charge is 2.47. The van der Waals surface area contributed by atoms with E-state index in [0.29, 0.717) is 48.4 Å². The Hall–Kier alpha value is -3.03. The molecule has 2 aliphatic heterocycles. The highest BCUT2D eigenvalue weighted by atomic mass is 16.6. The Kier molecular flexibility index (Phi) is 7.96. The molecule has 2 amide bonds. The Labute approximate surface area is 220 Å². The van der Waals surface area contributed by atoms with Crippen molar-refractivity contribution in [2.24, 2.45) is 11.8 Å². The van der Waals surface area contributed by atoms with Gasteiger partial charge in [0.2, 0.25) is 0 Å². The topological polar surface area (TPSA) is 178 Å². The van der Waals surface area contributed by atoms with E-state index in [4.69, 9.17) is 15.2 Å². The molecule has 208 valence electrons. The number of aliphatic hydroxyl groups excluding tert-OH is 2. The number of amides is 2. The van der Waals surface area contributed by atoms with Gasteiger partial charge in [-0.15, -0.1) is 0 Å². The van der Waals surface area contributed by atoms with Crippen LogP contribution < -0.4 is 11.1 Å². The highest BCUT2D eigenvalue weighted by Crippen LogP contribution is 2.33. The van der Waals surface area contributed by atoms with Crippen molar-refractivity contribution in [3.63, 3.8) is 0 Å². The number of anilines is 1. The largest absolute Gasteiger partial charge is 0.449 e. The van der Waals surface area contributed by atoms with E-state index in [1.165, 1.54) is 10.9 Å². The summed E-state index contributed by atoms with van der Waals surface area (Å²) < 4.78 is 12.6. The molecule has 2 aromatic rings. The molecular weight excluding hydrogens is 494 g/mol. The molecule has 1 saturated carbocycles. The van der Waals surface area contributed by atoms with Crippen molar-refractivity contribution in [3.8, 4) is 0 Å². The average molecular weight is 532 g/mol. The van der Waals surface area contributed by atoms with E-state index in [1.54, 1.807) is 6.92 Å². The molecule has 5 N–H and O–H groups in total. The van der Waals surface area contributed by atoms with Crippen molar-refractivity contribution < 1.29 is 29.3 Å². The number of nitrogens with zero attached hydrogens (tertiary/aromatic N) is 5. The third-order valence-corrected chi connectivity index (χ3v) is 7.64. The first-order valence-corrected chi connectivity index (χ1v) is 13.6. The number of carbonyl (C=O) groups excluding carboxylic acids is 2. The number of imidazole rings is 1. The number of nitrogen functional groups attached to an aromatic ring is 1. The molecule has 2 aromatic heterocycles. The number of likely N-dealkylation sites (N-methyl/N-ethyl adjacent to an activating group) is 1. The maximum atomic E-state index is 12.2. The van der Waals surface area contributed by atoms with E-state index in [1.807, 2.05) is 4.90 Å². The second-order valence-electron chi connectivity index (χ2n) is 10.5. The molecular formula is C25H37N7O6. The minimum atomic E-state index is -1.39. The number of hydrogen-bond donors (Lipinski definition) is 4. The number of nitrogens with two attached hydrogens (primary N) is 1. The van der Waals surface area contributed by atoms with Crippen molar-refractivity contribution in [1.82, 2.24) is 29.7 Å². The summed E-state index contributed by atoms with van der Waals surface area (Å²) in [5, 5.41) is 23.6. The van der Waals surface area contributed by atoms with Gasteiger partial charge in [0.15, 0.2) is 23.8 Å². The van der Waals surface area contributed by atoms with Crippen molar-refractivity contribution in [2.45, 2.75) is 76.4 Å². The molecule has 13 heteroatoms. The SMILES string of the molecule is CCNC(=O)[C@H]1O[C@@H](n2cnc3c(N)nc(CCCC4CCN(C(=O)OCC5CC5)CC4)nc32)C(O)[C@H]1O. The third-order valence-electron chi connectivity index (χ3n) is 7.64. The molecule has 0 radical (unpaired) electrons. The smallest absolute Gasteiger partial charge is 0.409 e. The zero-order valence-electron chi connectivity index (χ0n) is 21.7. The predicted molar refractivity (Wildman–Crippen MR) is 136 cm³/mol. The molecule has 1 unspecified atom stereocenters. The lowest BCUT2D eigenvalue weighted by atomic mass is 9.91. The van der Waals surface area contributed by atoms with Crippen molar-refractivity contribution in [1.29, 1.82) is 0 Å². The van der Waals surface area contributed by atoms with Crippen LogP contribution in [0.25, 0.3) is 11.2 Å². The van der Waals surface area contributed by atoms with Crippen molar-refractivity contribution in [2.75, 3.05) is 32.0 Å². The first-order chi connectivity index (χ1) is 18.4. The number of nitrogens with one attached hydrogen (secondary N) is 1. The molecule has 3 fully saturated rings. The van der Waals surface area contributed by atoms with Gasteiger partial charge in [-0.1, -0.05) is 0 Å². The lowest BCUT2D eigenvalue weighted by molar-refractivity contribution is -0.137. The Morgan fingerprint density at radius 3 is 2.63 bits per heavy atom. The number of fused-ring (bicyclic) bond motifs is 1. The van der Waals surface area contributed by atoms with Crippen molar-refractivity contribution >= 4 is 29.0 Å². The monoisotopic (exact) mass is 531 g/mol. The zero-order chi connectivity index (χ0) is 26.8. The number of aromatic nitrogens is 4. The van der Waals surface area contributed by atoms with E-state index in [-0.39, 0.29) is 11.9 Å². The van der Waals surface area contributed by atoms with E-state index in [2.05, 4.69) is 20.3 Å². The Morgan fingerprint density at radius 2 is 1.92 bits per heavy atom. The summed E-state index contributed by atoms with van der Waals surface area (Å²) in [6.07, 6.45) is 2.89. The number of rotatable bonds is 9. The van der Waals surface area contributed by atoms with E-state index >= 15 is 0 Å². The van der Waals surface area contributed by atoms with Crippen LogP contribution in [-0.2, 0) is 20.7 Å². The van der Waals surface area contributed by atoms with Gasteiger partial charge in [0, 0.05) is 26.1 Å². The Balaban J connectivity index is 1.17. The number of aliphatic hydroxyl groups is 2. The van der Waals surface area contributed by atoms with Crippen LogP contribution in [0.1, 0.15) is 57.5 Å². The lowest BCUT2D eigenvalue weighted by Gasteiger charge is -2.31. The predicted octanol–water partition coefficient (Wildman–Crippen LogP) is 0.745. The molecule has 0 bridgehead atoms. The van der Waals surface area contributed by atoms with Gasteiger partial charge >= 0.3 is 6.09 Å². The van der Waals surface area contributed by atoms with Crippen molar-refractivity contribution in [3.05, 3.63) is 12.2 Å². The summed E-state index contributed by atoms with van der Waals surface area (Å²) >= 11 is 0. The molecule has 1 aliphatic carbocycles. The van der Waals surface area contributed by atoms with E-state index in [9.17, 15) is 19.8 Å². The number of piperidine rings is 1. The fourth-order valence-corrected chi connectivity index (χ4v) is 5.18. The third kappa shape index (κ3) is 5.69. The normalized spacial score (nSPS) is 26.1. The van der Waals surface area contributed by atoms with E-state index in [0.717, 1.165) is 51.6 Å². The molecule has 0 spiro atoms. The van der Waals surface area contributed by atoms with Crippen LogP contribution in [0.4, 0.5) is 10.6 Å². The van der Waals surface area contributed by atoms with Gasteiger partial charge in [0.1, 0.15) is 23.5 Å². The molecule has 0 aromatic carbocycles. The number of ether oxygens (including phenoxy) is 2. The minimum Gasteiger partial charge on any atom is -0.449 e. The van der Waals surface area contributed by atoms with Gasteiger partial charge in [0.25, 0.3) is 5.91 Å². The highest BCUT2D eigenvalue weighted by molar-refractivity contribution is 5.83. The van der Waals surface area contributed by atoms with Crippen LogP contribution in [0.2, 0.25) is 0 Å². The fourth-order valence-electron chi connectivity index (χ4n) is 5.18. The number of aryl methyl sites for hydroxylation is 1. The van der Waals surface area contributed by atoms with Gasteiger partial charge in [-0.25, -0.2) is 19.7 Å². The molecule has 3 aliphatic rings. The average Bonchev–Trinajstić information content (AvgIpc) is 3.57. The molecule has 4 heterocycles. The fraction of sp³-hybridized carbons (Fsp3) is 0.720. The maximum Gasteiger partial charge on any atom is 0.409 e. The standard InChI is InChI=1S/C25H37N7O6/c1-2-27-23(35)20-18(33)19(34)24(38-20)32-13-28-17-21(26)29-16(30-22(17)32)5-3-4-14-8-10-31(11-9-14)25(36)37-12-15-6-7-15/h13-15,18-20,24,33-34H,2-12H2,1H3,(H,27,35)(H2,26,29,30)/t18-,19?,20+,24-/m1/s1. The number of likely N-dealkylation sites (tertiary alicyclic amines) is 1. The summed E-state index contributed by atoms with van der Waals surface area (Å²) in [6, 6.07) is 0. The van der Waals surface area contributed by atoms with Gasteiger partial charge in [0.05, 0.1) is 12.9 Å². The summed E-state index contributed by atoms with van der Waals surface area (Å²) in [5.41, 5.74) is 6.89. The van der Waals surface area contributed by atoms with Gasteiger partial charge in [-0.3, -0.25) is 9.36 Å². The Bertz CT molecular complexity index is 1150. The second kappa shape index (κ2) is 11.4. The lowest BCUT2D eigenvalue weighted by Crippen LogP contribution is -2.42. The summed E-state index contributed by atoms with van der Waals surface area (Å²) in [4.78, 5) is 39.6. The maximum absolute atomic E-state index is 12.2. The number of carbonyl (C=O) groups is 2. The zero-order valence-corrected chi connectivity index (χ0v) is 21.7.